The highest BCUT2D eigenvalue weighted by Crippen LogP contribution is 2.28. The van der Waals surface area contributed by atoms with E-state index < -0.39 is 5.97 Å². The molecule has 0 saturated heterocycles. The molecule has 0 spiro atoms. The molecule has 6 heteroatoms. The third kappa shape index (κ3) is 4.87. The molecule has 1 aromatic carbocycles. The second-order valence-corrected chi connectivity index (χ2v) is 6.48. The van der Waals surface area contributed by atoms with Gasteiger partial charge in [0, 0.05) is 22.3 Å². The van der Waals surface area contributed by atoms with Gasteiger partial charge in [0.1, 0.15) is 0 Å². The molecule has 0 atom stereocenters. The summed E-state index contributed by atoms with van der Waals surface area (Å²) in [7, 11) is 0. The Labute approximate surface area is 150 Å². The van der Waals surface area contributed by atoms with Crippen LogP contribution in [0.25, 0.3) is 16.5 Å². The van der Waals surface area contributed by atoms with Crippen LogP contribution in [0.5, 0.6) is 0 Å². The van der Waals surface area contributed by atoms with E-state index in [4.69, 9.17) is 9.26 Å². The first kappa shape index (κ1) is 17.1. The van der Waals surface area contributed by atoms with Crippen LogP contribution in [-0.4, -0.2) is 16.1 Å². The lowest BCUT2D eigenvalue weighted by Crippen LogP contribution is -2.01. The van der Waals surface area contributed by atoms with Crippen molar-refractivity contribution in [1.82, 2.24) is 10.1 Å². The van der Waals surface area contributed by atoms with Crippen LogP contribution in [0.15, 0.2) is 53.1 Å². The van der Waals surface area contributed by atoms with E-state index in [1.54, 1.807) is 17.4 Å². The monoisotopic (exact) mass is 354 g/mol. The van der Waals surface area contributed by atoms with Crippen molar-refractivity contribution in [2.45, 2.75) is 26.4 Å². The molecule has 0 aliphatic rings. The smallest absolute Gasteiger partial charge is 0.331 e. The fourth-order valence-corrected chi connectivity index (χ4v) is 3.12. The van der Waals surface area contributed by atoms with Crippen molar-refractivity contribution in [3.05, 3.63) is 65.1 Å². The van der Waals surface area contributed by atoms with Crippen LogP contribution >= 0.6 is 11.3 Å². The number of rotatable bonds is 7. The highest BCUT2D eigenvalue weighted by Gasteiger charge is 2.08. The minimum atomic E-state index is -0.440. The maximum Gasteiger partial charge on any atom is 0.331 e. The molecule has 128 valence electrons. The van der Waals surface area contributed by atoms with Gasteiger partial charge in [-0.1, -0.05) is 42.4 Å². The number of ether oxygens (including phenoxy) is 1. The Kier molecular flexibility index (Phi) is 5.74. The maximum atomic E-state index is 11.8. The number of aryl methyl sites for hydroxylation is 1. The lowest BCUT2D eigenvalue weighted by Gasteiger charge is -1.96. The standard InChI is InChI=1S/C19H18N2O3S/c1-2-6-17-20-18(24-21-17)13-23-19(22)12-10-15-9-11-16(25-15)14-7-4-3-5-8-14/h3-5,7-12H,2,6,13H2,1H3/b12-10+. The van der Waals surface area contributed by atoms with Crippen molar-refractivity contribution in [1.29, 1.82) is 0 Å². The van der Waals surface area contributed by atoms with Gasteiger partial charge >= 0.3 is 5.97 Å². The highest BCUT2D eigenvalue weighted by molar-refractivity contribution is 7.16. The Morgan fingerprint density at radius 2 is 2.08 bits per heavy atom. The quantitative estimate of drug-likeness (QED) is 0.461. The number of thiophene rings is 1. The molecular formula is C19H18N2O3S. The zero-order valence-corrected chi connectivity index (χ0v) is 14.7. The second-order valence-electron chi connectivity index (χ2n) is 5.36. The molecule has 0 radical (unpaired) electrons. The summed E-state index contributed by atoms with van der Waals surface area (Å²) in [4.78, 5) is 18.1. The minimum absolute atomic E-state index is 0.0143. The lowest BCUT2D eigenvalue weighted by molar-refractivity contribution is -0.139. The molecule has 0 fully saturated rings. The fourth-order valence-electron chi connectivity index (χ4n) is 2.21. The second kappa shape index (κ2) is 8.39. The molecule has 0 bridgehead atoms. The molecule has 3 aromatic rings. The number of aromatic nitrogens is 2. The summed E-state index contributed by atoms with van der Waals surface area (Å²) in [6.07, 6.45) is 4.84. The van der Waals surface area contributed by atoms with Crippen LogP contribution < -0.4 is 0 Å². The molecule has 2 heterocycles. The largest absolute Gasteiger partial charge is 0.452 e. The van der Waals surface area contributed by atoms with E-state index in [1.165, 1.54) is 6.08 Å². The van der Waals surface area contributed by atoms with Crippen molar-refractivity contribution in [3.8, 4) is 10.4 Å². The van der Waals surface area contributed by atoms with Crippen LogP contribution in [0, 0.1) is 0 Å². The Bertz CT molecular complexity index is 852. The van der Waals surface area contributed by atoms with Crippen LogP contribution in [-0.2, 0) is 22.6 Å². The Balaban J connectivity index is 1.53. The van der Waals surface area contributed by atoms with Gasteiger partial charge in [0.15, 0.2) is 12.4 Å². The van der Waals surface area contributed by atoms with Crippen molar-refractivity contribution in [3.63, 3.8) is 0 Å². The van der Waals surface area contributed by atoms with Gasteiger partial charge in [-0.25, -0.2) is 4.79 Å². The maximum absolute atomic E-state index is 11.8. The van der Waals surface area contributed by atoms with Crippen molar-refractivity contribution >= 4 is 23.4 Å². The Morgan fingerprint density at radius 1 is 1.24 bits per heavy atom. The number of benzene rings is 1. The Hall–Kier alpha value is -2.73. The molecule has 5 nitrogen and oxygen atoms in total. The summed E-state index contributed by atoms with van der Waals surface area (Å²) in [6.45, 7) is 2.02. The van der Waals surface area contributed by atoms with E-state index in [0.717, 1.165) is 28.2 Å². The topological polar surface area (TPSA) is 65.2 Å². The Morgan fingerprint density at radius 3 is 2.88 bits per heavy atom. The molecule has 3 rings (SSSR count). The molecule has 0 N–H and O–H groups in total. The zero-order valence-electron chi connectivity index (χ0n) is 13.8. The SMILES string of the molecule is CCCc1noc(COC(=O)/C=C/c2ccc(-c3ccccc3)s2)n1. The van der Waals surface area contributed by atoms with Gasteiger partial charge in [0.05, 0.1) is 0 Å². The van der Waals surface area contributed by atoms with Crippen molar-refractivity contribution in [2.75, 3.05) is 0 Å². The van der Waals surface area contributed by atoms with Gasteiger partial charge in [-0.05, 0) is 30.2 Å². The van der Waals surface area contributed by atoms with Gasteiger partial charge in [0.25, 0.3) is 5.89 Å². The molecular weight excluding hydrogens is 336 g/mol. The average Bonchev–Trinajstić information content (AvgIpc) is 3.29. The molecule has 0 aliphatic carbocycles. The predicted octanol–water partition coefficient (Wildman–Crippen LogP) is 4.51. The van der Waals surface area contributed by atoms with Crippen molar-refractivity contribution in [2.24, 2.45) is 0 Å². The van der Waals surface area contributed by atoms with Crippen LogP contribution in [0.1, 0.15) is 29.9 Å². The normalized spacial score (nSPS) is 11.1. The summed E-state index contributed by atoms with van der Waals surface area (Å²) in [5.74, 6) is 0.508. The predicted molar refractivity (Wildman–Crippen MR) is 96.9 cm³/mol. The van der Waals surface area contributed by atoms with E-state index >= 15 is 0 Å². The molecule has 0 amide bonds. The molecule has 0 saturated carbocycles. The van der Waals surface area contributed by atoms with E-state index in [2.05, 4.69) is 22.3 Å². The number of hydrogen-bond acceptors (Lipinski definition) is 6. The van der Waals surface area contributed by atoms with E-state index in [-0.39, 0.29) is 6.61 Å². The van der Waals surface area contributed by atoms with Gasteiger partial charge in [-0.15, -0.1) is 11.3 Å². The van der Waals surface area contributed by atoms with E-state index in [1.807, 2.05) is 37.3 Å². The van der Waals surface area contributed by atoms with E-state index in [0.29, 0.717) is 11.7 Å². The van der Waals surface area contributed by atoms with Gasteiger partial charge in [0.2, 0.25) is 0 Å². The van der Waals surface area contributed by atoms with Gasteiger partial charge in [-0.2, -0.15) is 4.98 Å². The summed E-state index contributed by atoms with van der Waals surface area (Å²) in [5.41, 5.74) is 1.16. The summed E-state index contributed by atoms with van der Waals surface area (Å²) >= 11 is 1.62. The summed E-state index contributed by atoms with van der Waals surface area (Å²) in [5, 5.41) is 3.82. The highest BCUT2D eigenvalue weighted by atomic mass is 32.1. The van der Waals surface area contributed by atoms with Gasteiger partial charge in [-0.3, -0.25) is 0 Å². The van der Waals surface area contributed by atoms with Crippen molar-refractivity contribution < 1.29 is 14.1 Å². The number of carbonyl (C=O) groups is 1. The minimum Gasteiger partial charge on any atom is -0.452 e. The van der Waals surface area contributed by atoms with Crippen LogP contribution in [0.3, 0.4) is 0 Å². The number of carbonyl (C=O) groups excluding carboxylic acids is 1. The van der Waals surface area contributed by atoms with Crippen LogP contribution in [0.4, 0.5) is 0 Å². The fraction of sp³-hybridized carbons (Fsp3) is 0.211. The summed E-state index contributed by atoms with van der Waals surface area (Å²) in [6, 6.07) is 14.1. The first-order valence-corrected chi connectivity index (χ1v) is 8.88. The first-order chi connectivity index (χ1) is 12.2. The molecule has 0 aliphatic heterocycles. The number of esters is 1. The first-order valence-electron chi connectivity index (χ1n) is 8.06. The lowest BCUT2D eigenvalue weighted by atomic mass is 10.2. The third-order valence-corrected chi connectivity index (χ3v) is 4.49. The molecule has 0 unspecified atom stereocenters. The third-order valence-electron chi connectivity index (χ3n) is 3.39. The number of nitrogens with zero attached hydrogens (tertiary/aromatic N) is 2. The molecule has 2 aromatic heterocycles. The molecule has 25 heavy (non-hydrogen) atoms. The summed E-state index contributed by atoms with van der Waals surface area (Å²) < 4.78 is 10.1. The van der Waals surface area contributed by atoms with Gasteiger partial charge < -0.3 is 9.26 Å². The van der Waals surface area contributed by atoms with E-state index in [9.17, 15) is 4.79 Å². The number of hydrogen-bond donors (Lipinski definition) is 0. The zero-order chi connectivity index (χ0) is 17.5. The van der Waals surface area contributed by atoms with Crippen LogP contribution in [0.2, 0.25) is 0 Å². The average molecular weight is 354 g/mol.